The topological polar surface area (TPSA) is 0 Å². The van der Waals surface area contributed by atoms with Gasteiger partial charge in [-0.15, -0.1) is 5.54 Å². The Morgan fingerprint density at radius 1 is 1.11 bits per heavy atom. The summed E-state index contributed by atoms with van der Waals surface area (Å²) in [6.45, 7) is 9.07. The monoisotopic (exact) mass is 336 g/mol. The van der Waals surface area contributed by atoms with Crippen molar-refractivity contribution in [3.8, 4) is 11.5 Å². The van der Waals surface area contributed by atoms with E-state index < -0.39 is 8.07 Å². The lowest BCUT2D eigenvalue weighted by atomic mass is 10.0. The van der Waals surface area contributed by atoms with Crippen LogP contribution in [-0.2, 0) is 6.42 Å². The minimum absolute atomic E-state index is 1.12. The highest BCUT2D eigenvalue weighted by molar-refractivity contribution is 9.10. The van der Waals surface area contributed by atoms with Crippen LogP contribution in [0.15, 0.2) is 22.7 Å². The molecule has 19 heavy (non-hydrogen) atoms. The minimum Gasteiger partial charge on any atom is -0.127 e. The SMILES string of the molecule is CCCCCCc1ccc(C#C[Si](C)(C)C)c(Br)c1. The molecule has 0 aliphatic rings. The zero-order valence-electron chi connectivity index (χ0n) is 12.6. The van der Waals surface area contributed by atoms with Crippen molar-refractivity contribution in [2.75, 3.05) is 0 Å². The van der Waals surface area contributed by atoms with Gasteiger partial charge < -0.3 is 0 Å². The Balaban J connectivity index is 2.66. The lowest BCUT2D eigenvalue weighted by Gasteiger charge is -2.06. The zero-order chi connectivity index (χ0) is 14.3. The second-order valence-electron chi connectivity index (χ2n) is 6.12. The Bertz CT molecular complexity index is 460. The predicted octanol–water partition coefficient (Wildman–Crippen LogP) is 5.80. The van der Waals surface area contributed by atoms with Crippen molar-refractivity contribution in [1.82, 2.24) is 0 Å². The van der Waals surface area contributed by atoms with E-state index in [1.165, 1.54) is 37.7 Å². The van der Waals surface area contributed by atoms with E-state index in [-0.39, 0.29) is 0 Å². The fourth-order valence-corrected chi connectivity index (χ4v) is 2.86. The average Bonchev–Trinajstić information content (AvgIpc) is 2.32. The summed E-state index contributed by atoms with van der Waals surface area (Å²) in [6.07, 6.45) is 6.46. The van der Waals surface area contributed by atoms with Crippen LogP contribution in [0.1, 0.15) is 43.7 Å². The normalized spacial score (nSPS) is 11.0. The van der Waals surface area contributed by atoms with E-state index in [2.05, 4.69) is 72.2 Å². The van der Waals surface area contributed by atoms with Crippen LogP contribution in [0.5, 0.6) is 0 Å². The molecule has 0 saturated carbocycles. The van der Waals surface area contributed by atoms with E-state index in [4.69, 9.17) is 0 Å². The van der Waals surface area contributed by atoms with Crippen LogP contribution in [0, 0.1) is 11.5 Å². The van der Waals surface area contributed by atoms with E-state index in [0.717, 1.165) is 10.0 Å². The predicted molar refractivity (Wildman–Crippen MR) is 92.2 cm³/mol. The first kappa shape index (κ1) is 16.5. The molecule has 0 N–H and O–H groups in total. The highest BCUT2D eigenvalue weighted by Crippen LogP contribution is 2.19. The first-order valence-electron chi connectivity index (χ1n) is 7.24. The van der Waals surface area contributed by atoms with Crippen molar-refractivity contribution in [1.29, 1.82) is 0 Å². The van der Waals surface area contributed by atoms with Gasteiger partial charge in [0, 0.05) is 10.0 Å². The summed E-state index contributed by atoms with van der Waals surface area (Å²) in [5.74, 6) is 3.32. The fraction of sp³-hybridized carbons (Fsp3) is 0.529. The van der Waals surface area contributed by atoms with Gasteiger partial charge in [0.1, 0.15) is 8.07 Å². The smallest absolute Gasteiger partial charge is 0.127 e. The largest absolute Gasteiger partial charge is 0.129 e. The highest BCUT2D eigenvalue weighted by Gasteiger charge is 2.08. The van der Waals surface area contributed by atoms with Crippen LogP contribution >= 0.6 is 15.9 Å². The van der Waals surface area contributed by atoms with Gasteiger partial charge in [0.05, 0.1) is 0 Å². The Morgan fingerprint density at radius 2 is 1.84 bits per heavy atom. The van der Waals surface area contributed by atoms with Gasteiger partial charge >= 0.3 is 0 Å². The zero-order valence-corrected chi connectivity index (χ0v) is 15.2. The van der Waals surface area contributed by atoms with Crippen molar-refractivity contribution in [3.05, 3.63) is 33.8 Å². The molecule has 0 aromatic heterocycles. The number of aryl methyl sites for hydroxylation is 1. The quantitative estimate of drug-likeness (QED) is 0.362. The van der Waals surface area contributed by atoms with E-state index in [1.807, 2.05) is 0 Å². The van der Waals surface area contributed by atoms with Gasteiger partial charge in [-0.05, 0) is 46.5 Å². The molecule has 0 nitrogen and oxygen atoms in total. The third kappa shape index (κ3) is 6.99. The minimum atomic E-state index is -1.29. The summed E-state index contributed by atoms with van der Waals surface area (Å²) in [5, 5.41) is 0. The van der Waals surface area contributed by atoms with Crippen LogP contribution in [0.3, 0.4) is 0 Å². The maximum absolute atomic E-state index is 3.65. The second kappa shape index (κ2) is 7.92. The lowest BCUT2D eigenvalue weighted by Crippen LogP contribution is -2.16. The average molecular weight is 337 g/mol. The summed E-state index contributed by atoms with van der Waals surface area (Å²) < 4.78 is 1.14. The Kier molecular flexibility index (Phi) is 6.89. The fourth-order valence-electron chi connectivity index (χ4n) is 1.83. The molecule has 0 atom stereocenters. The first-order chi connectivity index (χ1) is 8.92. The molecule has 104 valence electrons. The Hall–Kier alpha value is -0.523. The molecule has 0 fully saturated rings. The number of benzene rings is 1. The van der Waals surface area contributed by atoms with Gasteiger partial charge in [0.25, 0.3) is 0 Å². The Morgan fingerprint density at radius 3 is 2.42 bits per heavy atom. The van der Waals surface area contributed by atoms with Crippen molar-refractivity contribution >= 4 is 24.0 Å². The number of hydrogen-bond donors (Lipinski definition) is 0. The standard InChI is InChI=1S/C17H25BrSi/c1-5-6-7-8-9-15-10-11-16(17(18)14-15)12-13-19(2,3)4/h10-11,14H,5-9H2,1-4H3. The molecule has 0 aliphatic heterocycles. The maximum Gasteiger partial charge on any atom is 0.129 e. The molecule has 0 bridgehead atoms. The number of unbranched alkanes of at least 4 members (excludes halogenated alkanes) is 3. The molecule has 0 saturated heterocycles. The summed E-state index contributed by atoms with van der Waals surface area (Å²) in [7, 11) is -1.29. The molecule has 1 aromatic rings. The summed E-state index contributed by atoms with van der Waals surface area (Å²) >= 11 is 3.65. The molecule has 0 radical (unpaired) electrons. The summed E-state index contributed by atoms with van der Waals surface area (Å²) in [5.41, 5.74) is 5.96. The number of hydrogen-bond acceptors (Lipinski definition) is 0. The van der Waals surface area contributed by atoms with Gasteiger partial charge in [-0.3, -0.25) is 0 Å². The van der Waals surface area contributed by atoms with E-state index in [1.54, 1.807) is 0 Å². The first-order valence-corrected chi connectivity index (χ1v) is 11.5. The van der Waals surface area contributed by atoms with Gasteiger partial charge in [-0.2, -0.15) is 0 Å². The molecule has 1 aromatic carbocycles. The third-order valence-corrected chi connectivity index (χ3v) is 4.46. The van der Waals surface area contributed by atoms with Crippen LogP contribution in [0.4, 0.5) is 0 Å². The number of rotatable bonds is 5. The highest BCUT2D eigenvalue weighted by atomic mass is 79.9. The van der Waals surface area contributed by atoms with Crippen LogP contribution < -0.4 is 0 Å². The van der Waals surface area contributed by atoms with E-state index in [9.17, 15) is 0 Å². The molecule has 1 rings (SSSR count). The molecule has 0 amide bonds. The van der Waals surface area contributed by atoms with Crippen molar-refractivity contribution in [3.63, 3.8) is 0 Å². The molecule has 2 heteroatoms. The second-order valence-corrected chi connectivity index (χ2v) is 11.7. The molecule has 0 spiro atoms. The van der Waals surface area contributed by atoms with E-state index >= 15 is 0 Å². The van der Waals surface area contributed by atoms with Crippen molar-refractivity contribution in [2.45, 2.75) is 58.7 Å². The summed E-state index contributed by atoms with van der Waals surface area (Å²) in [4.78, 5) is 0. The molecule has 0 heterocycles. The summed E-state index contributed by atoms with van der Waals surface area (Å²) in [6, 6.07) is 6.62. The van der Waals surface area contributed by atoms with Gasteiger partial charge in [-0.25, -0.2) is 0 Å². The van der Waals surface area contributed by atoms with Crippen LogP contribution in [0.25, 0.3) is 0 Å². The van der Waals surface area contributed by atoms with Crippen molar-refractivity contribution < 1.29 is 0 Å². The number of halogens is 1. The van der Waals surface area contributed by atoms with Crippen LogP contribution in [-0.4, -0.2) is 8.07 Å². The lowest BCUT2D eigenvalue weighted by molar-refractivity contribution is 0.667. The molecule has 0 unspecified atom stereocenters. The van der Waals surface area contributed by atoms with Gasteiger partial charge in [-0.1, -0.05) is 57.8 Å². The van der Waals surface area contributed by atoms with Crippen LogP contribution in [0.2, 0.25) is 19.6 Å². The molecular formula is C17H25BrSi. The third-order valence-electron chi connectivity index (χ3n) is 2.92. The molecule has 0 aliphatic carbocycles. The Labute approximate surface area is 128 Å². The maximum atomic E-state index is 3.65. The molecular weight excluding hydrogens is 312 g/mol. The van der Waals surface area contributed by atoms with Gasteiger partial charge in [0.15, 0.2) is 0 Å². The van der Waals surface area contributed by atoms with Crippen molar-refractivity contribution in [2.24, 2.45) is 0 Å². The van der Waals surface area contributed by atoms with Gasteiger partial charge in [0.2, 0.25) is 0 Å². The van der Waals surface area contributed by atoms with E-state index in [0.29, 0.717) is 0 Å².